The molecule has 1 heterocycles. The van der Waals surface area contributed by atoms with E-state index < -0.39 is 6.09 Å². The summed E-state index contributed by atoms with van der Waals surface area (Å²) in [5, 5.41) is 4.33. The molecule has 1 amide bonds. The number of hydrogen-bond acceptors (Lipinski definition) is 4. The van der Waals surface area contributed by atoms with E-state index in [2.05, 4.69) is 14.8 Å². The molecule has 6 nitrogen and oxygen atoms in total. The van der Waals surface area contributed by atoms with Crippen LogP contribution in [0.2, 0.25) is 0 Å². The maximum atomic E-state index is 11.4. The van der Waals surface area contributed by atoms with Crippen molar-refractivity contribution in [3.63, 3.8) is 0 Å². The van der Waals surface area contributed by atoms with Crippen molar-refractivity contribution >= 4 is 12.0 Å². The molecule has 0 bridgehead atoms. The maximum Gasteiger partial charge on any atom is 0.416 e. The van der Waals surface area contributed by atoms with Crippen LogP contribution in [-0.2, 0) is 4.74 Å². The summed E-state index contributed by atoms with van der Waals surface area (Å²) < 4.78 is 6.47. The van der Waals surface area contributed by atoms with Gasteiger partial charge in [-0.2, -0.15) is 4.98 Å². The fourth-order valence-electron chi connectivity index (χ4n) is 1.46. The van der Waals surface area contributed by atoms with Crippen molar-refractivity contribution in [1.29, 1.82) is 0 Å². The van der Waals surface area contributed by atoms with Crippen molar-refractivity contribution in [2.45, 2.75) is 39.7 Å². The lowest BCUT2D eigenvalue weighted by atomic mass is 10.2. The molecule has 6 heteroatoms. The number of nitrogens with zero attached hydrogens (tertiary/aromatic N) is 4. The molecule has 0 N–H and O–H groups in total. The molecular formula is C11H20N4O2. The minimum Gasteiger partial charge on any atom is -0.452 e. The zero-order chi connectivity index (χ0) is 13.2. The van der Waals surface area contributed by atoms with Gasteiger partial charge < -0.3 is 4.74 Å². The first-order valence-corrected chi connectivity index (χ1v) is 5.66. The van der Waals surface area contributed by atoms with E-state index in [1.165, 1.54) is 12.0 Å². The van der Waals surface area contributed by atoms with Gasteiger partial charge in [0.2, 0.25) is 0 Å². The van der Waals surface area contributed by atoms with Gasteiger partial charge in [-0.1, -0.05) is 13.8 Å². The quantitative estimate of drug-likeness (QED) is 0.812. The van der Waals surface area contributed by atoms with Gasteiger partial charge in [0.25, 0.3) is 5.95 Å². The lowest BCUT2D eigenvalue weighted by Crippen LogP contribution is -2.27. The lowest BCUT2D eigenvalue weighted by molar-refractivity contribution is 0.180. The number of anilines is 1. The number of methoxy groups -OCH3 is 1. The Morgan fingerprint density at radius 1 is 1.35 bits per heavy atom. The molecule has 0 radical (unpaired) electrons. The molecule has 0 aliphatic carbocycles. The Labute approximate surface area is 102 Å². The number of hydrogen-bond donors (Lipinski definition) is 0. The molecule has 1 aromatic heterocycles. The summed E-state index contributed by atoms with van der Waals surface area (Å²) in [4.78, 5) is 17.1. The highest BCUT2D eigenvalue weighted by molar-refractivity contribution is 5.84. The molecule has 0 saturated heterocycles. The van der Waals surface area contributed by atoms with Gasteiger partial charge in [0.1, 0.15) is 5.82 Å². The first-order valence-electron chi connectivity index (χ1n) is 5.66. The monoisotopic (exact) mass is 240 g/mol. The zero-order valence-corrected chi connectivity index (χ0v) is 11.3. The Bertz CT molecular complexity index is 373. The second-order valence-electron chi connectivity index (χ2n) is 4.49. The molecular weight excluding hydrogens is 220 g/mol. The Morgan fingerprint density at radius 3 is 2.29 bits per heavy atom. The molecule has 96 valence electrons. The topological polar surface area (TPSA) is 60.2 Å². The summed E-state index contributed by atoms with van der Waals surface area (Å²) in [5.74, 6) is 1.49. The van der Waals surface area contributed by atoms with E-state index >= 15 is 0 Å². The number of carbonyl (C=O) groups excluding carboxylic acids is 1. The largest absolute Gasteiger partial charge is 0.452 e. The molecule has 0 aliphatic heterocycles. The van der Waals surface area contributed by atoms with Gasteiger partial charge in [0.15, 0.2) is 0 Å². The van der Waals surface area contributed by atoms with Crippen LogP contribution >= 0.6 is 0 Å². The summed E-state index contributed by atoms with van der Waals surface area (Å²) in [7, 11) is 2.93. The average Bonchev–Trinajstić information content (AvgIpc) is 2.71. The molecule has 1 rings (SSSR count). The van der Waals surface area contributed by atoms with Gasteiger partial charge in [-0.25, -0.2) is 14.4 Å². The van der Waals surface area contributed by atoms with E-state index in [9.17, 15) is 4.79 Å². The van der Waals surface area contributed by atoms with Crippen molar-refractivity contribution in [2.24, 2.45) is 0 Å². The van der Waals surface area contributed by atoms with E-state index in [0.29, 0.717) is 5.95 Å². The average molecular weight is 240 g/mol. The summed E-state index contributed by atoms with van der Waals surface area (Å²) in [6.07, 6.45) is -0.471. The third-order valence-electron chi connectivity index (χ3n) is 2.40. The van der Waals surface area contributed by atoms with Crippen molar-refractivity contribution in [1.82, 2.24) is 14.8 Å². The first-order chi connectivity index (χ1) is 7.88. The fraction of sp³-hybridized carbons (Fsp3) is 0.727. The molecule has 0 saturated carbocycles. The highest BCUT2D eigenvalue weighted by Gasteiger charge is 2.21. The van der Waals surface area contributed by atoms with Crippen LogP contribution in [0.3, 0.4) is 0 Å². The molecule has 0 spiro atoms. The smallest absolute Gasteiger partial charge is 0.416 e. The standard InChI is InChI=1S/C11H20N4O2/c1-7(2)9-12-10(13-15(9)8(3)4)14(5)11(16)17-6/h7-8H,1-6H3. The Kier molecular flexibility index (Phi) is 4.09. The van der Waals surface area contributed by atoms with Crippen LogP contribution in [0.15, 0.2) is 0 Å². The van der Waals surface area contributed by atoms with Gasteiger partial charge in [0.05, 0.1) is 7.11 Å². The maximum absolute atomic E-state index is 11.4. The van der Waals surface area contributed by atoms with Crippen LogP contribution in [0, 0.1) is 0 Å². The summed E-state index contributed by atoms with van der Waals surface area (Å²) in [6.45, 7) is 8.15. The molecule has 17 heavy (non-hydrogen) atoms. The summed E-state index contributed by atoms with van der Waals surface area (Å²) in [5.41, 5.74) is 0. The number of rotatable bonds is 3. The van der Waals surface area contributed by atoms with Crippen LogP contribution in [-0.4, -0.2) is 35.0 Å². The van der Waals surface area contributed by atoms with Crippen molar-refractivity contribution in [3.05, 3.63) is 5.82 Å². The number of amides is 1. The number of aromatic nitrogens is 3. The van der Waals surface area contributed by atoms with Crippen LogP contribution in [0.4, 0.5) is 10.7 Å². The summed E-state index contributed by atoms with van der Waals surface area (Å²) >= 11 is 0. The second kappa shape index (κ2) is 5.16. The SMILES string of the molecule is COC(=O)N(C)c1nc(C(C)C)n(C(C)C)n1. The Balaban J connectivity index is 3.11. The Morgan fingerprint density at radius 2 is 1.94 bits per heavy atom. The zero-order valence-electron chi connectivity index (χ0n) is 11.3. The highest BCUT2D eigenvalue weighted by Crippen LogP contribution is 2.20. The van der Waals surface area contributed by atoms with Gasteiger partial charge in [0, 0.05) is 19.0 Å². The van der Waals surface area contributed by atoms with Crippen LogP contribution in [0.5, 0.6) is 0 Å². The molecule has 0 unspecified atom stereocenters. The van der Waals surface area contributed by atoms with Gasteiger partial charge in [-0.15, -0.1) is 5.10 Å². The van der Waals surface area contributed by atoms with Crippen LogP contribution in [0.25, 0.3) is 0 Å². The minimum absolute atomic E-state index is 0.208. The third-order valence-corrected chi connectivity index (χ3v) is 2.40. The van der Waals surface area contributed by atoms with Gasteiger partial charge >= 0.3 is 6.09 Å². The van der Waals surface area contributed by atoms with E-state index in [1.54, 1.807) is 7.05 Å². The van der Waals surface area contributed by atoms with Crippen LogP contribution in [0.1, 0.15) is 45.5 Å². The molecule has 0 aromatic carbocycles. The first kappa shape index (κ1) is 13.5. The highest BCUT2D eigenvalue weighted by atomic mass is 16.5. The third kappa shape index (κ3) is 2.75. The van der Waals surface area contributed by atoms with Gasteiger partial charge in [-0.3, -0.25) is 0 Å². The lowest BCUT2D eigenvalue weighted by Gasteiger charge is -2.11. The number of carbonyl (C=O) groups is 1. The van der Waals surface area contributed by atoms with E-state index in [4.69, 9.17) is 0 Å². The molecule has 1 aromatic rings. The second-order valence-corrected chi connectivity index (χ2v) is 4.49. The van der Waals surface area contributed by atoms with Crippen molar-refractivity contribution < 1.29 is 9.53 Å². The predicted molar refractivity (Wildman–Crippen MR) is 65.3 cm³/mol. The molecule has 0 aliphatic rings. The van der Waals surface area contributed by atoms with Crippen molar-refractivity contribution in [2.75, 3.05) is 19.1 Å². The molecule has 0 fully saturated rings. The predicted octanol–water partition coefficient (Wildman–Crippen LogP) is 2.18. The molecule has 0 atom stereocenters. The number of ether oxygens (including phenoxy) is 1. The van der Waals surface area contributed by atoms with Crippen molar-refractivity contribution in [3.8, 4) is 0 Å². The van der Waals surface area contributed by atoms with E-state index in [-0.39, 0.29) is 12.0 Å². The van der Waals surface area contributed by atoms with Gasteiger partial charge in [-0.05, 0) is 13.8 Å². The fourth-order valence-corrected chi connectivity index (χ4v) is 1.46. The van der Waals surface area contributed by atoms with E-state index in [0.717, 1.165) is 5.82 Å². The van der Waals surface area contributed by atoms with E-state index in [1.807, 2.05) is 32.4 Å². The minimum atomic E-state index is -0.471. The Hall–Kier alpha value is -1.59. The summed E-state index contributed by atoms with van der Waals surface area (Å²) in [6, 6.07) is 0.208. The van der Waals surface area contributed by atoms with Crippen LogP contribution < -0.4 is 4.90 Å². The normalized spacial score (nSPS) is 11.1.